The summed E-state index contributed by atoms with van der Waals surface area (Å²) in [5, 5.41) is 0.204. The molecule has 3 aromatic rings. The van der Waals surface area contributed by atoms with Crippen LogP contribution in [0.15, 0.2) is 78.9 Å². The van der Waals surface area contributed by atoms with Gasteiger partial charge in [0.15, 0.2) is 14.4 Å². The number of carbonyl (C=O) groups is 5. The van der Waals surface area contributed by atoms with Crippen LogP contribution in [-0.2, 0) is 30.1 Å². The van der Waals surface area contributed by atoms with E-state index < -0.39 is 68.8 Å². The van der Waals surface area contributed by atoms with Crippen molar-refractivity contribution in [2.75, 3.05) is 6.61 Å². The van der Waals surface area contributed by atoms with Crippen molar-refractivity contribution < 1.29 is 37.9 Å². The van der Waals surface area contributed by atoms with Gasteiger partial charge in [-0.2, -0.15) is 0 Å². The highest BCUT2D eigenvalue weighted by Gasteiger charge is 2.61. The summed E-state index contributed by atoms with van der Waals surface area (Å²) < 4.78 is 18.1. The molecular weight excluding hydrogens is 652 g/mol. The van der Waals surface area contributed by atoms with Gasteiger partial charge in [0.05, 0.1) is 28.8 Å². The van der Waals surface area contributed by atoms with Crippen LogP contribution in [0.25, 0.3) is 0 Å². The molecule has 0 spiro atoms. The molecule has 5 rings (SSSR count). The van der Waals surface area contributed by atoms with E-state index in [1.165, 1.54) is 41.3 Å². The molecule has 2 aliphatic rings. The van der Waals surface area contributed by atoms with Gasteiger partial charge in [-0.3, -0.25) is 19.3 Å². The fourth-order valence-electron chi connectivity index (χ4n) is 5.69. The second kappa shape index (κ2) is 13.7. The number of likely N-dealkylation sites (tertiary alicyclic amines) is 1. The molecule has 0 N–H and O–H groups in total. The molecule has 0 bridgehead atoms. The lowest BCUT2D eigenvalue weighted by atomic mass is 9.89. The van der Waals surface area contributed by atoms with Gasteiger partial charge in [0.2, 0.25) is 5.91 Å². The Labute approximate surface area is 286 Å². The summed E-state index contributed by atoms with van der Waals surface area (Å²) >= 11 is 5.98. The number of nitrogens with zero attached hydrogens (tertiary/aromatic N) is 2. The number of esters is 2. The van der Waals surface area contributed by atoms with Crippen molar-refractivity contribution in [1.29, 1.82) is 0 Å². The number of fused-ring (bicyclic) bond motifs is 1. The molecule has 0 saturated carbocycles. The molecule has 0 aromatic heterocycles. The first-order valence-electron chi connectivity index (χ1n) is 15.7. The Hall–Kier alpha value is -4.32. The number of rotatable bonds is 11. The Bertz CT molecular complexity index is 1690. The lowest BCUT2D eigenvalue weighted by Crippen LogP contribution is -2.77. The summed E-state index contributed by atoms with van der Waals surface area (Å²) in [7, 11) is -2.50. The van der Waals surface area contributed by atoms with E-state index >= 15 is 0 Å². The average Bonchev–Trinajstić information content (AvgIpc) is 3.29. The van der Waals surface area contributed by atoms with Crippen molar-refractivity contribution in [3.63, 3.8) is 0 Å². The zero-order chi connectivity index (χ0) is 35.0. The Kier molecular flexibility index (Phi) is 9.96. The largest absolute Gasteiger partial charge is 0.460 e. The zero-order valence-corrected chi connectivity index (χ0v) is 29.5. The molecular formula is C36H39ClN2O8Si. The van der Waals surface area contributed by atoms with Crippen LogP contribution >= 0.6 is 11.6 Å². The van der Waals surface area contributed by atoms with E-state index in [9.17, 15) is 24.0 Å². The standard InChI is InChI=1S/C36H39ClN2O8Si/c1-22(47-48(5,6)36(2,3)4)29(35(44)45-20-23-12-8-7-9-13-23)38-28(21-46-34(43)24-16-18-25(37)19-17-24)30(33(38)42)39-31(40)26-14-10-11-15-27(26)32(39)41/h7-19,22,28-30H,20-21H2,1-6H3/t22-,28?,29?,30?/m1/s1. The molecule has 2 aliphatic heterocycles. The molecule has 3 unspecified atom stereocenters. The van der Waals surface area contributed by atoms with E-state index in [-0.39, 0.29) is 28.3 Å². The van der Waals surface area contributed by atoms with Crippen molar-refractivity contribution in [3.05, 3.63) is 106 Å². The molecule has 4 atom stereocenters. The van der Waals surface area contributed by atoms with Gasteiger partial charge in [0.25, 0.3) is 11.8 Å². The van der Waals surface area contributed by atoms with E-state index in [0.29, 0.717) is 5.02 Å². The molecule has 252 valence electrons. The normalized spacial score (nSPS) is 19.0. The molecule has 10 nitrogen and oxygen atoms in total. The molecule has 3 amide bonds. The number of β-lactam (4-membered cyclic amide) rings is 1. The highest BCUT2D eigenvalue weighted by Crippen LogP contribution is 2.40. The summed E-state index contributed by atoms with van der Waals surface area (Å²) in [5.74, 6) is -3.38. The van der Waals surface area contributed by atoms with Gasteiger partial charge >= 0.3 is 11.9 Å². The number of imide groups is 1. The van der Waals surface area contributed by atoms with Crippen LogP contribution in [0, 0.1) is 0 Å². The average molecular weight is 691 g/mol. The molecule has 2 heterocycles. The predicted molar refractivity (Wildman–Crippen MR) is 181 cm³/mol. The molecule has 48 heavy (non-hydrogen) atoms. The molecule has 0 radical (unpaired) electrons. The Morgan fingerprint density at radius 2 is 1.42 bits per heavy atom. The van der Waals surface area contributed by atoms with Gasteiger partial charge in [-0.05, 0) is 67.0 Å². The minimum Gasteiger partial charge on any atom is -0.460 e. The van der Waals surface area contributed by atoms with Crippen LogP contribution in [0.2, 0.25) is 23.2 Å². The highest BCUT2D eigenvalue weighted by molar-refractivity contribution is 6.74. The van der Waals surface area contributed by atoms with Gasteiger partial charge in [-0.1, -0.05) is 74.8 Å². The first-order valence-corrected chi connectivity index (χ1v) is 19.0. The number of hydrogen-bond acceptors (Lipinski definition) is 8. The lowest BCUT2D eigenvalue weighted by molar-refractivity contribution is -0.180. The molecule has 1 fully saturated rings. The van der Waals surface area contributed by atoms with Crippen molar-refractivity contribution in [1.82, 2.24) is 9.80 Å². The maximum absolute atomic E-state index is 14.2. The first kappa shape index (κ1) is 35.0. The van der Waals surface area contributed by atoms with Crippen LogP contribution in [0.3, 0.4) is 0 Å². The molecule has 3 aromatic carbocycles. The Morgan fingerprint density at radius 1 is 0.854 bits per heavy atom. The minimum absolute atomic E-state index is 0.0525. The smallest absolute Gasteiger partial charge is 0.338 e. The zero-order valence-electron chi connectivity index (χ0n) is 27.8. The number of amides is 3. The third-order valence-electron chi connectivity index (χ3n) is 9.29. The SMILES string of the molecule is C[C@@H](O[Si](C)(C)C(C)(C)C)C(C(=O)OCc1ccccc1)N1C(=O)C(N2C(=O)c3ccccc3C2=O)C1COC(=O)c1ccc(Cl)cc1. The van der Waals surface area contributed by atoms with E-state index in [4.69, 9.17) is 25.5 Å². The Balaban J connectivity index is 1.49. The minimum atomic E-state index is -2.50. The first-order chi connectivity index (χ1) is 22.6. The summed E-state index contributed by atoms with van der Waals surface area (Å²) in [5.41, 5.74) is 1.29. The van der Waals surface area contributed by atoms with E-state index in [0.717, 1.165) is 10.5 Å². The van der Waals surface area contributed by atoms with Gasteiger partial charge in [-0.15, -0.1) is 0 Å². The van der Waals surface area contributed by atoms with Gasteiger partial charge in [0.1, 0.15) is 19.3 Å². The quantitative estimate of drug-likeness (QED) is 0.106. The molecule has 1 saturated heterocycles. The van der Waals surface area contributed by atoms with Crippen LogP contribution in [0.4, 0.5) is 0 Å². The molecule has 0 aliphatic carbocycles. The topological polar surface area (TPSA) is 120 Å². The third kappa shape index (κ3) is 6.80. The van der Waals surface area contributed by atoms with Crippen molar-refractivity contribution in [2.24, 2.45) is 0 Å². The van der Waals surface area contributed by atoms with Crippen LogP contribution in [0.1, 0.15) is 64.3 Å². The van der Waals surface area contributed by atoms with Crippen molar-refractivity contribution >= 4 is 49.6 Å². The molecule has 12 heteroatoms. The summed E-state index contributed by atoms with van der Waals surface area (Å²) in [4.78, 5) is 70.5. The fourth-order valence-corrected chi connectivity index (χ4v) is 7.23. The predicted octanol–water partition coefficient (Wildman–Crippen LogP) is 5.89. The number of benzene rings is 3. The van der Waals surface area contributed by atoms with Gasteiger partial charge in [-0.25, -0.2) is 9.59 Å². The Morgan fingerprint density at radius 3 is 1.98 bits per heavy atom. The van der Waals surface area contributed by atoms with Gasteiger partial charge in [0, 0.05) is 5.02 Å². The maximum Gasteiger partial charge on any atom is 0.338 e. The lowest BCUT2D eigenvalue weighted by Gasteiger charge is -2.53. The van der Waals surface area contributed by atoms with Crippen LogP contribution in [0.5, 0.6) is 0 Å². The van der Waals surface area contributed by atoms with E-state index in [1.807, 2.05) is 43.4 Å². The van der Waals surface area contributed by atoms with E-state index in [2.05, 4.69) is 20.8 Å². The fraction of sp³-hybridized carbons (Fsp3) is 0.361. The monoisotopic (exact) mass is 690 g/mol. The summed E-state index contributed by atoms with van der Waals surface area (Å²) in [6.45, 7) is 11.5. The van der Waals surface area contributed by atoms with Gasteiger partial charge < -0.3 is 18.8 Å². The van der Waals surface area contributed by atoms with Crippen LogP contribution in [-0.4, -0.2) is 78.6 Å². The maximum atomic E-state index is 14.2. The van der Waals surface area contributed by atoms with E-state index in [1.54, 1.807) is 19.1 Å². The number of halogens is 1. The van der Waals surface area contributed by atoms with Crippen molar-refractivity contribution in [3.8, 4) is 0 Å². The van der Waals surface area contributed by atoms with Crippen molar-refractivity contribution in [2.45, 2.75) is 76.7 Å². The highest BCUT2D eigenvalue weighted by atomic mass is 35.5. The second-order valence-electron chi connectivity index (χ2n) is 13.5. The number of carbonyl (C=O) groups excluding carboxylic acids is 5. The number of ether oxygens (including phenoxy) is 2. The second-order valence-corrected chi connectivity index (χ2v) is 18.7. The van der Waals surface area contributed by atoms with Crippen LogP contribution < -0.4 is 0 Å². The summed E-state index contributed by atoms with van der Waals surface area (Å²) in [6, 6.07) is 17.8. The summed E-state index contributed by atoms with van der Waals surface area (Å²) in [6.07, 6.45) is -0.851. The third-order valence-corrected chi connectivity index (χ3v) is 14.1. The number of hydrogen-bond donors (Lipinski definition) is 0.